The molecule has 1 aliphatic rings. The number of nitrogens with zero attached hydrogens (tertiary/aromatic N) is 2. The number of halogens is 3. The summed E-state index contributed by atoms with van der Waals surface area (Å²) in [5, 5.41) is 0. The average Bonchev–Trinajstić information content (AvgIpc) is 3.02. The molecule has 2 heterocycles. The molecule has 1 aromatic heterocycles. The number of hydrogen-bond donors (Lipinski definition) is 0. The third kappa shape index (κ3) is 5.26. The van der Waals surface area contributed by atoms with E-state index in [4.69, 9.17) is 0 Å². The van der Waals surface area contributed by atoms with Crippen LogP contribution >= 0.6 is 15.9 Å². The van der Waals surface area contributed by atoms with Crippen molar-refractivity contribution in [1.82, 2.24) is 4.98 Å². The summed E-state index contributed by atoms with van der Waals surface area (Å²) in [6, 6.07) is 11.5. The number of amides is 2. The molecule has 3 aromatic rings. The van der Waals surface area contributed by atoms with Crippen LogP contribution in [0, 0.1) is 11.6 Å². The molecule has 182 valence electrons. The molecule has 35 heavy (non-hydrogen) atoms. The minimum Gasteiger partial charge on any atom is -0.268 e. The first-order chi connectivity index (χ1) is 16.5. The van der Waals surface area contributed by atoms with Crippen molar-refractivity contribution in [1.29, 1.82) is 0 Å². The van der Waals surface area contributed by atoms with Gasteiger partial charge < -0.3 is 0 Å². The SMILES string of the molecule is CC(C)(C)[S@](=O)C[C@@H](Cc1cc(F)cc(F)c1)c1ncc(N2C(=O)c3ccccc3C2=O)cc1Br. The van der Waals surface area contributed by atoms with Gasteiger partial charge in [-0.15, -0.1) is 0 Å². The predicted octanol–water partition coefficient (Wildman–Crippen LogP) is 5.80. The molecule has 2 aromatic carbocycles. The van der Waals surface area contributed by atoms with Crippen LogP contribution in [0.4, 0.5) is 14.5 Å². The van der Waals surface area contributed by atoms with Crippen LogP contribution in [0.5, 0.6) is 0 Å². The van der Waals surface area contributed by atoms with Gasteiger partial charge in [0.25, 0.3) is 11.8 Å². The van der Waals surface area contributed by atoms with Crippen LogP contribution in [0.15, 0.2) is 59.2 Å². The molecular formula is C26H23BrF2N2O3S. The minimum absolute atomic E-state index is 0.203. The van der Waals surface area contributed by atoms with Crippen LogP contribution in [0.25, 0.3) is 0 Å². The zero-order valence-corrected chi connectivity index (χ0v) is 21.8. The summed E-state index contributed by atoms with van der Waals surface area (Å²) >= 11 is 3.49. The molecule has 0 N–H and O–H groups in total. The van der Waals surface area contributed by atoms with Gasteiger partial charge in [-0.2, -0.15) is 0 Å². The number of pyridine rings is 1. The Morgan fingerprint density at radius 3 is 2.09 bits per heavy atom. The summed E-state index contributed by atoms with van der Waals surface area (Å²) < 4.78 is 40.6. The van der Waals surface area contributed by atoms with Crippen LogP contribution in [-0.4, -0.2) is 31.5 Å². The van der Waals surface area contributed by atoms with Crippen molar-refractivity contribution in [3.05, 3.63) is 93.2 Å². The number of hydrogen-bond acceptors (Lipinski definition) is 4. The van der Waals surface area contributed by atoms with Gasteiger partial charge in [0.05, 0.1) is 28.7 Å². The summed E-state index contributed by atoms with van der Waals surface area (Å²) in [6.07, 6.45) is 1.62. The van der Waals surface area contributed by atoms with Crippen LogP contribution in [0.1, 0.15) is 58.7 Å². The lowest BCUT2D eigenvalue weighted by molar-refractivity contribution is 0.0926. The van der Waals surface area contributed by atoms with Gasteiger partial charge in [0.1, 0.15) is 11.6 Å². The molecule has 0 aliphatic carbocycles. The Bertz CT molecular complexity index is 1300. The molecular weight excluding hydrogens is 538 g/mol. The van der Waals surface area contributed by atoms with Crippen molar-refractivity contribution in [2.45, 2.75) is 37.9 Å². The van der Waals surface area contributed by atoms with Crippen molar-refractivity contribution in [2.24, 2.45) is 0 Å². The normalized spacial score (nSPS) is 15.3. The molecule has 2 amide bonds. The fourth-order valence-corrected chi connectivity index (χ4v) is 5.77. The van der Waals surface area contributed by atoms with E-state index in [1.807, 2.05) is 20.8 Å². The second-order valence-corrected chi connectivity index (χ2v) is 12.5. The highest BCUT2D eigenvalue weighted by molar-refractivity contribution is 9.10. The summed E-state index contributed by atoms with van der Waals surface area (Å²) in [7, 11) is -1.27. The zero-order chi connectivity index (χ0) is 25.5. The summed E-state index contributed by atoms with van der Waals surface area (Å²) in [5.74, 6) is -2.49. The van der Waals surface area contributed by atoms with E-state index in [2.05, 4.69) is 20.9 Å². The Morgan fingerprint density at radius 2 is 1.57 bits per heavy atom. The third-order valence-corrected chi connectivity index (χ3v) is 8.44. The maximum absolute atomic E-state index is 13.8. The number of carbonyl (C=O) groups is 2. The summed E-state index contributed by atoms with van der Waals surface area (Å²) in [5.41, 5.74) is 1.87. The van der Waals surface area contributed by atoms with Crippen LogP contribution in [0.2, 0.25) is 0 Å². The van der Waals surface area contributed by atoms with E-state index in [0.29, 0.717) is 32.5 Å². The Balaban J connectivity index is 1.69. The van der Waals surface area contributed by atoms with E-state index in [-0.39, 0.29) is 12.2 Å². The van der Waals surface area contributed by atoms with Gasteiger partial charge in [-0.1, -0.05) is 12.1 Å². The fourth-order valence-electron chi connectivity index (χ4n) is 3.97. The number of carbonyl (C=O) groups excluding carboxylic acids is 2. The van der Waals surface area contributed by atoms with E-state index >= 15 is 0 Å². The molecule has 0 spiro atoms. The lowest BCUT2D eigenvalue weighted by Crippen LogP contribution is -2.30. The van der Waals surface area contributed by atoms with Crippen molar-refractivity contribution in [3.8, 4) is 0 Å². The Kier molecular flexibility index (Phi) is 7.02. The molecule has 0 unspecified atom stereocenters. The van der Waals surface area contributed by atoms with Gasteiger partial charge in [0.15, 0.2) is 0 Å². The fraction of sp³-hybridized carbons (Fsp3) is 0.269. The zero-order valence-electron chi connectivity index (χ0n) is 19.3. The molecule has 0 bridgehead atoms. The quantitative estimate of drug-likeness (QED) is 0.357. The molecule has 9 heteroatoms. The Morgan fingerprint density at radius 1 is 1.00 bits per heavy atom. The third-order valence-electron chi connectivity index (χ3n) is 5.73. The average molecular weight is 561 g/mol. The smallest absolute Gasteiger partial charge is 0.266 e. The van der Waals surface area contributed by atoms with Crippen LogP contribution in [-0.2, 0) is 17.2 Å². The van der Waals surface area contributed by atoms with Crippen LogP contribution < -0.4 is 4.90 Å². The molecule has 0 saturated carbocycles. The maximum atomic E-state index is 13.8. The summed E-state index contributed by atoms with van der Waals surface area (Å²) in [4.78, 5) is 31.3. The van der Waals surface area contributed by atoms with E-state index in [0.717, 1.165) is 11.0 Å². The molecule has 2 atom stereocenters. The number of imide groups is 1. The molecule has 0 fully saturated rings. The maximum Gasteiger partial charge on any atom is 0.266 e. The number of benzene rings is 2. The Labute approximate surface area is 213 Å². The van der Waals surface area contributed by atoms with E-state index in [1.54, 1.807) is 30.3 Å². The number of aromatic nitrogens is 1. The molecule has 1 aliphatic heterocycles. The molecule has 0 radical (unpaired) electrons. The molecule has 5 nitrogen and oxygen atoms in total. The second kappa shape index (κ2) is 9.70. The largest absolute Gasteiger partial charge is 0.268 e. The first-order valence-electron chi connectivity index (χ1n) is 10.9. The van der Waals surface area contributed by atoms with Gasteiger partial charge in [-0.05, 0) is 79.0 Å². The van der Waals surface area contributed by atoms with Gasteiger partial charge in [-0.25, -0.2) is 13.7 Å². The van der Waals surface area contributed by atoms with Crippen molar-refractivity contribution in [3.63, 3.8) is 0 Å². The van der Waals surface area contributed by atoms with E-state index < -0.39 is 44.9 Å². The monoisotopic (exact) mass is 560 g/mol. The lowest BCUT2D eigenvalue weighted by atomic mass is 9.97. The molecule has 0 saturated heterocycles. The van der Waals surface area contributed by atoms with Crippen molar-refractivity contribution >= 4 is 44.2 Å². The topological polar surface area (TPSA) is 67.3 Å². The van der Waals surface area contributed by atoms with Crippen molar-refractivity contribution in [2.75, 3.05) is 10.7 Å². The molecule has 4 rings (SSSR count). The van der Waals surface area contributed by atoms with Gasteiger partial charge in [0.2, 0.25) is 0 Å². The van der Waals surface area contributed by atoms with Crippen molar-refractivity contribution < 1.29 is 22.6 Å². The second-order valence-electron chi connectivity index (χ2n) is 9.36. The highest BCUT2D eigenvalue weighted by Gasteiger charge is 2.37. The first-order valence-corrected chi connectivity index (χ1v) is 13.0. The number of anilines is 1. The number of rotatable bonds is 6. The van der Waals surface area contributed by atoms with Gasteiger partial charge in [0, 0.05) is 37.8 Å². The van der Waals surface area contributed by atoms with Crippen LogP contribution in [0.3, 0.4) is 0 Å². The van der Waals surface area contributed by atoms with E-state index in [9.17, 15) is 22.6 Å². The lowest BCUT2D eigenvalue weighted by Gasteiger charge is -2.24. The number of fused-ring (bicyclic) bond motifs is 1. The Hall–Kier alpha value is -2.78. The van der Waals surface area contributed by atoms with Gasteiger partial charge in [-0.3, -0.25) is 18.8 Å². The first kappa shape index (κ1) is 25.3. The summed E-state index contributed by atoms with van der Waals surface area (Å²) in [6.45, 7) is 5.57. The predicted molar refractivity (Wildman–Crippen MR) is 135 cm³/mol. The standard InChI is InChI=1S/C26H23BrF2N2O3S/c1-26(2,3)35(34)14-16(8-15-9-17(28)11-18(29)10-15)23-22(27)12-19(13-30-23)31-24(32)20-6-4-5-7-21(20)25(31)33/h4-7,9-13,16H,8,14H2,1-3H3/t16-,35-/m1/s1. The van der Waals surface area contributed by atoms with E-state index in [1.165, 1.54) is 18.3 Å². The minimum atomic E-state index is -1.27. The van der Waals surface area contributed by atoms with Gasteiger partial charge >= 0.3 is 0 Å². The highest BCUT2D eigenvalue weighted by Crippen LogP contribution is 2.34. The highest BCUT2D eigenvalue weighted by atomic mass is 79.9.